The maximum atomic E-state index is 7.74. The number of aryl methyl sites for hydroxylation is 2. The predicted octanol–water partition coefficient (Wildman–Crippen LogP) is 0.628. The van der Waals surface area contributed by atoms with E-state index in [0.29, 0.717) is 13.2 Å². The lowest BCUT2D eigenvalue weighted by atomic mass is 10.0. The minimum Gasteiger partial charge on any atom is -0.384 e. The highest BCUT2D eigenvalue weighted by molar-refractivity contribution is 6.01. The molecule has 100 valence electrons. The Morgan fingerprint density at radius 3 is 2.72 bits per heavy atom. The number of nitrogens with one attached hydrogen (secondary N) is 1. The Hall–Kier alpha value is -1.56. The van der Waals surface area contributed by atoms with E-state index in [-0.39, 0.29) is 11.4 Å². The summed E-state index contributed by atoms with van der Waals surface area (Å²) in [6, 6.07) is 0. The third-order valence-electron chi connectivity index (χ3n) is 3.36. The normalized spacial score (nSPS) is 19.0. The molecule has 1 fully saturated rings. The van der Waals surface area contributed by atoms with Crippen molar-refractivity contribution in [2.45, 2.75) is 26.3 Å². The molecule has 0 saturated carbocycles. The summed E-state index contributed by atoms with van der Waals surface area (Å²) < 4.78 is 7.33. The molecule has 6 heteroatoms. The van der Waals surface area contributed by atoms with Gasteiger partial charge in [0.1, 0.15) is 11.7 Å². The van der Waals surface area contributed by atoms with Gasteiger partial charge in [-0.2, -0.15) is 5.10 Å². The molecule has 2 heterocycles. The van der Waals surface area contributed by atoms with Crippen molar-refractivity contribution in [3.63, 3.8) is 0 Å². The van der Waals surface area contributed by atoms with Crippen molar-refractivity contribution in [2.24, 2.45) is 12.8 Å². The average Bonchev–Trinajstić information content (AvgIpc) is 2.53. The van der Waals surface area contributed by atoms with Crippen LogP contribution in [0.3, 0.4) is 0 Å². The lowest BCUT2D eigenvalue weighted by Crippen LogP contribution is -2.54. The number of aromatic nitrogens is 2. The highest BCUT2D eigenvalue weighted by Crippen LogP contribution is 2.30. The zero-order valence-corrected chi connectivity index (χ0v) is 11.4. The van der Waals surface area contributed by atoms with Gasteiger partial charge in [0, 0.05) is 13.6 Å². The summed E-state index contributed by atoms with van der Waals surface area (Å²) >= 11 is 0. The lowest BCUT2D eigenvalue weighted by Gasteiger charge is -2.43. The molecule has 0 atom stereocenters. The number of hydrogen-bond acceptors (Lipinski definition) is 4. The molecule has 6 nitrogen and oxygen atoms in total. The van der Waals surface area contributed by atoms with Crippen LogP contribution in [0.2, 0.25) is 0 Å². The van der Waals surface area contributed by atoms with Crippen LogP contribution in [-0.2, 0) is 11.8 Å². The molecule has 0 aromatic carbocycles. The van der Waals surface area contributed by atoms with Crippen LogP contribution >= 0.6 is 0 Å². The minimum absolute atomic E-state index is 0.0675. The van der Waals surface area contributed by atoms with Gasteiger partial charge in [-0.25, -0.2) is 0 Å². The molecule has 0 radical (unpaired) electrons. The van der Waals surface area contributed by atoms with Gasteiger partial charge in [-0.15, -0.1) is 0 Å². The van der Waals surface area contributed by atoms with Crippen molar-refractivity contribution in [1.82, 2.24) is 9.78 Å². The number of nitrogens with two attached hydrogens (primary N) is 1. The van der Waals surface area contributed by atoms with Gasteiger partial charge < -0.3 is 15.4 Å². The molecule has 18 heavy (non-hydrogen) atoms. The van der Waals surface area contributed by atoms with Crippen molar-refractivity contribution in [3.8, 4) is 0 Å². The Kier molecular flexibility index (Phi) is 3.06. The fourth-order valence-corrected chi connectivity index (χ4v) is 2.52. The second kappa shape index (κ2) is 4.28. The Morgan fingerprint density at radius 1 is 1.50 bits per heavy atom. The summed E-state index contributed by atoms with van der Waals surface area (Å²) in [5.41, 5.74) is 7.10. The van der Waals surface area contributed by atoms with E-state index >= 15 is 0 Å². The van der Waals surface area contributed by atoms with Crippen molar-refractivity contribution in [3.05, 3.63) is 11.3 Å². The summed E-state index contributed by atoms with van der Waals surface area (Å²) in [6.07, 6.45) is 0. The third kappa shape index (κ3) is 1.96. The maximum Gasteiger partial charge on any atom is 0.138 e. The van der Waals surface area contributed by atoms with E-state index in [2.05, 4.69) is 23.8 Å². The fourth-order valence-electron chi connectivity index (χ4n) is 2.52. The SMILES string of the molecule is Cc1nn(C)c(N2CCOCC2(C)C)c1C(=N)N. The number of anilines is 1. The van der Waals surface area contributed by atoms with E-state index in [4.69, 9.17) is 15.9 Å². The summed E-state index contributed by atoms with van der Waals surface area (Å²) in [4.78, 5) is 2.23. The Labute approximate surface area is 107 Å². The van der Waals surface area contributed by atoms with Crippen LogP contribution < -0.4 is 10.6 Å². The highest BCUT2D eigenvalue weighted by Gasteiger charge is 2.35. The predicted molar refractivity (Wildman–Crippen MR) is 71.2 cm³/mol. The fraction of sp³-hybridized carbons (Fsp3) is 0.667. The first-order chi connectivity index (χ1) is 8.34. The van der Waals surface area contributed by atoms with Gasteiger partial charge in [-0.05, 0) is 20.8 Å². The van der Waals surface area contributed by atoms with Crippen LogP contribution in [0.4, 0.5) is 5.82 Å². The third-order valence-corrected chi connectivity index (χ3v) is 3.36. The summed E-state index contributed by atoms with van der Waals surface area (Å²) in [6.45, 7) is 8.26. The number of hydrogen-bond donors (Lipinski definition) is 2. The molecule has 1 aromatic rings. The van der Waals surface area contributed by atoms with Crippen LogP contribution in [0.25, 0.3) is 0 Å². The van der Waals surface area contributed by atoms with Crippen LogP contribution in [0, 0.1) is 12.3 Å². The molecule has 0 aliphatic carbocycles. The van der Waals surface area contributed by atoms with E-state index in [1.807, 2.05) is 14.0 Å². The molecule has 0 bridgehead atoms. The number of nitrogen functional groups attached to an aromatic ring is 1. The molecule has 1 aliphatic heterocycles. The van der Waals surface area contributed by atoms with Crippen molar-refractivity contribution in [1.29, 1.82) is 5.41 Å². The number of rotatable bonds is 2. The monoisotopic (exact) mass is 251 g/mol. The van der Waals surface area contributed by atoms with Crippen LogP contribution in [-0.4, -0.2) is 40.9 Å². The van der Waals surface area contributed by atoms with Gasteiger partial charge in [0.2, 0.25) is 0 Å². The number of nitrogens with zero attached hydrogens (tertiary/aromatic N) is 3. The number of morpholine rings is 1. The molecule has 2 rings (SSSR count). The Morgan fingerprint density at radius 2 is 2.17 bits per heavy atom. The summed E-state index contributed by atoms with van der Waals surface area (Å²) in [5, 5.41) is 12.1. The molecular weight excluding hydrogens is 230 g/mol. The zero-order chi connectivity index (χ0) is 13.5. The van der Waals surface area contributed by atoms with Crippen molar-refractivity contribution >= 4 is 11.7 Å². The van der Waals surface area contributed by atoms with Crippen LogP contribution in [0.15, 0.2) is 0 Å². The number of ether oxygens (including phenoxy) is 1. The van der Waals surface area contributed by atoms with E-state index in [0.717, 1.165) is 23.6 Å². The minimum atomic E-state index is -0.122. The molecule has 0 amide bonds. The van der Waals surface area contributed by atoms with E-state index in [9.17, 15) is 0 Å². The standard InChI is InChI=1S/C12H21N5O/c1-8-9(10(13)14)11(16(4)15-8)17-5-6-18-7-12(17,2)3/h5-7H2,1-4H3,(H3,13,14). The first kappa shape index (κ1) is 12.9. The van der Waals surface area contributed by atoms with Gasteiger partial charge in [-0.3, -0.25) is 10.1 Å². The maximum absolute atomic E-state index is 7.74. The van der Waals surface area contributed by atoms with E-state index in [1.165, 1.54) is 0 Å². The number of amidine groups is 1. The van der Waals surface area contributed by atoms with Crippen LogP contribution in [0.5, 0.6) is 0 Å². The lowest BCUT2D eigenvalue weighted by molar-refractivity contribution is 0.0634. The molecule has 1 aliphatic rings. The molecule has 1 saturated heterocycles. The quantitative estimate of drug-likeness (QED) is 0.596. The van der Waals surface area contributed by atoms with Gasteiger partial charge in [0.15, 0.2) is 0 Å². The smallest absolute Gasteiger partial charge is 0.138 e. The largest absolute Gasteiger partial charge is 0.384 e. The van der Waals surface area contributed by atoms with Crippen molar-refractivity contribution in [2.75, 3.05) is 24.7 Å². The van der Waals surface area contributed by atoms with E-state index in [1.54, 1.807) is 4.68 Å². The van der Waals surface area contributed by atoms with Gasteiger partial charge in [-0.1, -0.05) is 0 Å². The Bertz CT molecular complexity index is 477. The summed E-state index contributed by atoms with van der Waals surface area (Å²) in [5.74, 6) is 0.978. The molecule has 1 aromatic heterocycles. The molecule has 0 unspecified atom stereocenters. The molecule has 3 N–H and O–H groups in total. The topological polar surface area (TPSA) is 80.2 Å². The van der Waals surface area contributed by atoms with E-state index < -0.39 is 0 Å². The molecule has 0 spiro atoms. The first-order valence-electron chi connectivity index (χ1n) is 6.08. The van der Waals surface area contributed by atoms with Gasteiger partial charge >= 0.3 is 0 Å². The second-order valence-corrected chi connectivity index (χ2v) is 5.34. The molecular formula is C12H21N5O. The van der Waals surface area contributed by atoms with Crippen LogP contribution in [0.1, 0.15) is 25.1 Å². The Balaban J connectivity index is 2.53. The average molecular weight is 251 g/mol. The second-order valence-electron chi connectivity index (χ2n) is 5.34. The highest BCUT2D eigenvalue weighted by atomic mass is 16.5. The zero-order valence-electron chi connectivity index (χ0n) is 11.4. The van der Waals surface area contributed by atoms with Crippen molar-refractivity contribution < 1.29 is 4.74 Å². The first-order valence-corrected chi connectivity index (χ1v) is 6.08. The van der Waals surface area contributed by atoms with Gasteiger partial charge in [0.25, 0.3) is 0 Å². The van der Waals surface area contributed by atoms with Gasteiger partial charge in [0.05, 0.1) is 30.0 Å². The summed E-state index contributed by atoms with van der Waals surface area (Å²) in [7, 11) is 1.89.